The number of rotatable bonds is 3. The van der Waals surface area contributed by atoms with Crippen molar-refractivity contribution in [3.05, 3.63) is 6.07 Å². The van der Waals surface area contributed by atoms with E-state index >= 15 is 0 Å². The summed E-state index contributed by atoms with van der Waals surface area (Å²) in [5.74, 6) is 3.01. The molecule has 1 heterocycles. The van der Waals surface area contributed by atoms with E-state index < -0.39 is 0 Å². The molecule has 3 N–H and O–H groups in total. The van der Waals surface area contributed by atoms with Crippen molar-refractivity contribution in [2.75, 3.05) is 18.2 Å². The van der Waals surface area contributed by atoms with Crippen molar-refractivity contribution in [2.45, 2.75) is 39.2 Å². The SMILES string of the molecule is COc1cc(NC2CC(C)CC(C)C2)nc(N)n1. The minimum absolute atomic E-state index is 0.244. The van der Waals surface area contributed by atoms with Gasteiger partial charge < -0.3 is 15.8 Å². The second-order valence-corrected chi connectivity index (χ2v) is 5.41. The Morgan fingerprint density at radius 3 is 2.50 bits per heavy atom. The molecule has 5 nitrogen and oxygen atoms in total. The van der Waals surface area contributed by atoms with Crippen LogP contribution in [0.2, 0.25) is 0 Å². The van der Waals surface area contributed by atoms with Crippen molar-refractivity contribution in [3.63, 3.8) is 0 Å². The Labute approximate surface area is 108 Å². The lowest BCUT2D eigenvalue weighted by molar-refractivity contribution is 0.280. The Kier molecular flexibility index (Phi) is 3.89. The lowest BCUT2D eigenvalue weighted by Gasteiger charge is -2.32. The van der Waals surface area contributed by atoms with Gasteiger partial charge in [0.1, 0.15) is 5.82 Å². The molecule has 1 fully saturated rings. The van der Waals surface area contributed by atoms with E-state index in [-0.39, 0.29) is 5.95 Å². The third-order valence-electron chi connectivity index (χ3n) is 3.46. The molecule has 0 aromatic carbocycles. The monoisotopic (exact) mass is 250 g/mol. The van der Waals surface area contributed by atoms with Crippen LogP contribution in [0.3, 0.4) is 0 Å². The molecule has 1 aromatic rings. The second kappa shape index (κ2) is 5.42. The maximum atomic E-state index is 5.65. The first-order valence-electron chi connectivity index (χ1n) is 6.52. The van der Waals surface area contributed by atoms with E-state index in [0.717, 1.165) is 17.7 Å². The minimum atomic E-state index is 0.244. The fraction of sp³-hybridized carbons (Fsp3) is 0.692. The van der Waals surface area contributed by atoms with Gasteiger partial charge in [-0.1, -0.05) is 13.8 Å². The quantitative estimate of drug-likeness (QED) is 0.861. The molecule has 0 spiro atoms. The highest BCUT2D eigenvalue weighted by atomic mass is 16.5. The average Bonchev–Trinajstić information content (AvgIpc) is 2.26. The lowest BCUT2D eigenvalue weighted by atomic mass is 9.80. The molecule has 5 heteroatoms. The maximum absolute atomic E-state index is 5.65. The highest BCUT2D eigenvalue weighted by molar-refractivity contribution is 5.43. The van der Waals surface area contributed by atoms with Gasteiger partial charge in [0.05, 0.1) is 7.11 Å². The molecular formula is C13H22N4O. The molecule has 1 aliphatic carbocycles. The summed E-state index contributed by atoms with van der Waals surface area (Å²) in [4.78, 5) is 8.18. The van der Waals surface area contributed by atoms with E-state index in [2.05, 4.69) is 29.1 Å². The largest absolute Gasteiger partial charge is 0.481 e. The van der Waals surface area contributed by atoms with Crippen LogP contribution in [0.1, 0.15) is 33.1 Å². The Bertz CT molecular complexity index is 400. The van der Waals surface area contributed by atoms with Gasteiger partial charge in [0.2, 0.25) is 11.8 Å². The first kappa shape index (κ1) is 12.9. The zero-order valence-corrected chi connectivity index (χ0v) is 11.3. The van der Waals surface area contributed by atoms with Gasteiger partial charge in [-0.05, 0) is 31.1 Å². The average molecular weight is 250 g/mol. The Balaban J connectivity index is 2.06. The summed E-state index contributed by atoms with van der Waals surface area (Å²) in [6.45, 7) is 4.61. The first-order valence-corrected chi connectivity index (χ1v) is 6.52. The molecule has 2 atom stereocenters. The summed E-state index contributed by atoms with van der Waals surface area (Å²) in [7, 11) is 1.58. The molecule has 18 heavy (non-hydrogen) atoms. The minimum Gasteiger partial charge on any atom is -0.481 e. The summed E-state index contributed by atoms with van der Waals surface area (Å²) in [6, 6.07) is 2.25. The highest BCUT2D eigenvalue weighted by Gasteiger charge is 2.24. The molecule has 0 amide bonds. The van der Waals surface area contributed by atoms with Crippen molar-refractivity contribution in [3.8, 4) is 5.88 Å². The van der Waals surface area contributed by atoms with Crippen LogP contribution in [-0.4, -0.2) is 23.1 Å². The van der Waals surface area contributed by atoms with Gasteiger partial charge >= 0.3 is 0 Å². The molecule has 0 bridgehead atoms. The Hall–Kier alpha value is -1.52. The van der Waals surface area contributed by atoms with Crippen LogP contribution >= 0.6 is 0 Å². The maximum Gasteiger partial charge on any atom is 0.225 e. The second-order valence-electron chi connectivity index (χ2n) is 5.41. The topological polar surface area (TPSA) is 73.1 Å². The number of ether oxygens (including phenoxy) is 1. The van der Waals surface area contributed by atoms with Gasteiger partial charge in [-0.3, -0.25) is 0 Å². The van der Waals surface area contributed by atoms with E-state index in [0.29, 0.717) is 11.9 Å². The van der Waals surface area contributed by atoms with Crippen LogP contribution < -0.4 is 15.8 Å². The molecule has 100 valence electrons. The molecule has 0 aliphatic heterocycles. The van der Waals surface area contributed by atoms with Crippen LogP contribution in [0.25, 0.3) is 0 Å². The van der Waals surface area contributed by atoms with Gasteiger partial charge in [0, 0.05) is 12.1 Å². The lowest BCUT2D eigenvalue weighted by Crippen LogP contribution is -2.30. The molecule has 1 saturated carbocycles. The molecule has 0 radical (unpaired) electrons. The van der Waals surface area contributed by atoms with Crippen molar-refractivity contribution in [2.24, 2.45) is 11.8 Å². The Morgan fingerprint density at radius 1 is 1.22 bits per heavy atom. The number of hydrogen-bond donors (Lipinski definition) is 2. The van der Waals surface area contributed by atoms with Crippen molar-refractivity contribution in [1.82, 2.24) is 9.97 Å². The van der Waals surface area contributed by atoms with Gasteiger partial charge in [0.15, 0.2) is 0 Å². The van der Waals surface area contributed by atoms with E-state index in [9.17, 15) is 0 Å². The van der Waals surface area contributed by atoms with Gasteiger partial charge in [0.25, 0.3) is 0 Å². The number of methoxy groups -OCH3 is 1. The number of aromatic nitrogens is 2. The molecular weight excluding hydrogens is 228 g/mol. The number of nitrogens with zero attached hydrogens (tertiary/aromatic N) is 2. The zero-order valence-electron chi connectivity index (χ0n) is 11.3. The predicted molar refractivity (Wildman–Crippen MR) is 72.6 cm³/mol. The highest BCUT2D eigenvalue weighted by Crippen LogP contribution is 2.30. The summed E-state index contributed by atoms with van der Waals surface area (Å²) >= 11 is 0. The van der Waals surface area contributed by atoms with Crippen molar-refractivity contribution < 1.29 is 4.74 Å². The van der Waals surface area contributed by atoms with E-state index in [1.807, 2.05) is 0 Å². The van der Waals surface area contributed by atoms with Crippen LogP contribution in [-0.2, 0) is 0 Å². The van der Waals surface area contributed by atoms with Crippen LogP contribution in [0.5, 0.6) is 5.88 Å². The first-order chi connectivity index (χ1) is 8.56. The van der Waals surface area contributed by atoms with E-state index in [1.165, 1.54) is 19.3 Å². The van der Waals surface area contributed by atoms with Gasteiger partial charge in [-0.15, -0.1) is 0 Å². The van der Waals surface area contributed by atoms with E-state index in [4.69, 9.17) is 10.5 Å². The number of nitrogens with two attached hydrogens (primary N) is 1. The third-order valence-corrected chi connectivity index (χ3v) is 3.46. The number of nitrogen functional groups attached to an aromatic ring is 1. The van der Waals surface area contributed by atoms with Crippen LogP contribution in [0.4, 0.5) is 11.8 Å². The fourth-order valence-corrected chi connectivity index (χ4v) is 2.90. The number of hydrogen-bond acceptors (Lipinski definition) is 5. The molecule has 1 aromatic heterocycles. The number of nitrogens with one attached hydrogen (secondary N) is 1. The molecule has 1 aliphatic rings. The van der Waals surface area contributed by atoms with Crippen LogP contribution in [0, 0.1) is 11.8 Å². The third kappa shape index (κ3) is 3.24. The smallest absolute Gasteiger partial charge is 0.225 e. The molecule has 0 saturated heterocycles. The summed E-state index contributed by atoms with van der Waals surface area (Å²) < 4.78 is 5.10. The Morgan fingerprint density at radius 2 is 1.89 bits per heavy atom. The summed E-state index contributed by atoms with van der Waals surface area (Å²) in [5, 5.41) is 3.45. The van der Waals surface area contributed by atoms with Gasteiger partial charge in [-0.2, -0.15) is 9.97 Å². The fourth-order valence-electron chi connectivity index (χ4n) is 2.90. The van der Waals surface area contributed by atoms with Crippen molar-refractivity contribution in [1.29, 1.82) is 0 Å². The van der Waals surface area contributed by atoms with Gasteiger partial charge in [-0.25, -0.2) is 0 Å². The zero-order chi connectivity index (χ0) is 13.1. The summed E-state index contributed by atoms with van der Waals surface area (Å²) in [6.07, 6.45) is 3.67. The van der Waals surface area contributed by atoms with E-state index in [1.54, 1.807) is 13.2 Å². The molecule has 2 unspecified atom stereocenters. The standard InChI is InChI=1S/C13H22N4O/c1-8-4-9(2)6-10(5-8)15-11-7-12(18-3)17-13(14)16-11/h7-10H,4-6H2,1-3H3,(H3,14,15,16,17). The normalized spacial score (nSPS) is 27.8. The van der Waals surface area contributed by atoms with Crippen LogP contribution in [0.15, 0.2) is 6.07 Å². The van der Waals surface area contributed by atoms with Crippen molar-refractivity contribution >= 4 is 11.8 Å². The molecule has 2 rings (SSSR count). The predicted octanol–water partition coefficient (Wildman–Crippen LogP) is 2.30. The summed E-state index contributed by atoms with van der Waals surface area (Å²) in [5.41, 5.74) is 5.65. The number of anilines is 2.